The molecule has 0 spiro atoms. The summed E-state index contributed by atoms with van der Waals surface area (Å²) in [5, 5.41) is 0. The van der Waals surface area contributed by atoms with Crippen LogP contribution in [0.4, 0.5) is 0 Å². The maximum atomic E-state index is 5.47. The standard InChI is InChI=1S/C10H16N2O2/c11-6-10-5-9(8-14-10)7-12-1-3-13-4-2-12/h5,8H,1-4,6-7,11H2. The largest absolute Gasteiger partial charge is 0.468 e. The van der Waals surface area contributed by atoms with Crippen LogP contribution in [0.2, 0.25) is 0 Å². The Kier molecular flexibility index (Phi) is 3.18. The molecule has 78 valence electrons. The van der Waals surface area contributed by atoms with E-state index < -0.39 is 0 Å². The van der Waals surface area contributed by atoms with E-state index >= 15 is 0 Å². The molecule has 1 aliphatic rings. The third-order valence-corrected chi connectivity index (χ3v) is 2.42. The number of furan rings is 1. The van der Waals surface area contributed by atoms with Gasteiger partial charge in [0.1, 0.15) is 5.76 Å². The van der Waals surface area contributed by atoms with E-state index in [1.54, 1.807) is 6.26 Å². The minimum absolute atomic E-state index is 0.475. The van der Waals surface area contributed by atoms with Crippen molar-refractivity contribution in [1.82, 2.24) is 4.90 Å². The predicted octanol–water partition coefficient (Wildman–Crippen LogP) is 0.570. The first-order valence-corrected chi connectivity index (χ1v) is 4.95. The number of hydrogen-bond acceptors (Lipinski definition) is 4. The number of nitrogens with zero attached hydrogens (tertiary/aromatic N) is 1. The number of ether oxygens (including phenoxy) is 1. The molecule has 0 amide bonds. The number of hydrogen-bond donors (Lipinski definition) is 1. The lowest BCUT2D eigenvalue weighted by Crippen LogP contribution is -2.35. The zero-order chi connectivity index (χ0) is 9.80. The predicted molar refractivity (Wildman–Crippen MR) is 52.7 cm³/mol. The monoisotopic (exact) mass is 196 g/mol. The molecule has 0 unspecified atom stereocenters. The third-order valence-electron chi connectivity index (χ3n) is 2.42. The van der Waals surface area contributed by atoms with Gasteiger partial charge in [0.25, 0.3) is 0 Å². The van der Waals surface area contributed by atoms with Crippen LogP contribution in [0.5, 0.6) is 0 Å². The Balaban J connectivity index is 1.89. The lowest BCUT2D eigenvalue weighted by molar-refractivity contribution is 0.0341. The van der Waals surface area contributed by atoms with Gasteiger partial charge in [-0.25, -0.2) is 0 Å². The van der Waals surface area contributed by atoms with Gasteiger partial charge in [-0.1, -0.05) is 0 Å². The fraction of sp³-hybridized carbons (Fsp3) is 0.600. The van der Waals surface area contributed by atoms with E-state index in [1.807, 2.05) is 6.07 Å². The molecule has 1 aromatic rings. The second-order valence-electron chi connectivity index (χ2n) is 3.51. The fourth-order valence-corrected chi connectivity index (χ4v) is 1.63. The molecule has 0 bridgehead atoms. The maximum Gasteiger partial charge on any atom is 0.117 e. The third kappa shape index (κ3) is 2.35. The van der Waals surface area contributed by atoms with E-state index in [-0.39, 0.29) is 0 Å². The van der Waals surface area contributed by atoms with E-state index in [1.165, 1.54) is 5.56 Å². The van der Waals surface area contributed by atoms with Crippen LogP contribution in [-0.4, -0.2) is 31.2 Å². The van der Waals surface area contributed by atoms with E-state index in [2.05, 4.69) is 4.90 Å². The maximum absolute atomic E-state index is 5.47. The minimum atomic E-state index is 0.475. The lowest BCUT2D eigenvalue weighted by atomic mass is 10.2. The van der Waals surface area contributed by atoms with Crippen molar-refractivity contribution in [3.63, 3.8) is 0 Å². The summed E-state index contributed by atoms with van der Waals surface area (Å²) in [6, 6.07) is 2.02. The molecule has 0 radical (unpaired) electrons. The van der Waals surface area contributed by atoms with Gasteiger partial charge in [0, 0.05) is 25.2 Å². The van der Waals surface area contributed by atoms with Crippen molar-refractivity contribution in [3.8, 4) is 0 Å². The first-order chi connectivity index (χ1) is 6.88. The quantitative estimate of drug-likeness (QED) is 0.768. The zero-order valence-corrected chi connectivity index (χ0v) is 8.24. The van der Waals surface area contributed by atoms with E-state index in [0.29, 0.717) is 6.54 Å². The molecule has 1 aromatic heterocycles. The molecular weight excluding hydrogens is 180 g/mol. The molecule has 1 saturated heterocycles. The van der Waals surface area contributed by atoms with Gasteiger partial charge in [-0.05, 0) is 6.07 Å². The Bertz CT molecular complexity index is 279. The molecule has 0 aromatic carbocycles. The van der Waals surface area contributed by atoms with Crippen LogP contribution in [0.25, 0.3) is 0 Å². The van der Waals surface area contributed by atoms with Gasteiger partial charge < -0.3 is 14.9 Å². The molecule has 0 aliphatic carbocycles. The summed E-state index contributed by atoms with van der Waals surface area (Å²) in [6.07, 6.45) is 1.79. The van der Waals surface area contributed by atoms with Crippen molar-refractivity contribution >= 4 is 0 Å². The van der Waals surface area contributed by atoms with Crippen LogP contribution in [0.3, 0.4) is 0 Å². The summed E-state index contributed by atoms with van der Waals surface area (Å²) in [4.78, 5) is 2.36. The molecule has 0 atom stereocenters. The highest BCUT2D eigenvalue weighted by atomic mass is 16.5. The van der Waals surface area contributed by atoms with Crippen LogP contribution >= 0.6 is 0 Å². The van der Waals surface area contributed by atoms with Crippen LogP contribution in [0, 0.1) is 0 Å². The molecule has 1 aliphatic heterocycles. The number of morpholine rings is 1. The Hall–Kier alpha value is -0.840. The van der Waals surface area contributed by atoms with Crippen molar-refractivity contribution < 1.29 is 9.15 Å². The molecule has 4 heteroatoms. The highest BCUT2D eigenvalue weighted by Crippen LogP contribution is 2.11. The van der Waals surface area contributed by atoms with Crippen molar-refractivity contribution in [2.45, 2.75) is 13.1 Å². The van der Waals surface area contributed by atoms with Gasteiger partial charge in [0.15, 0.2) is 0 Å². The van der Waals surface area contributed by atoms with Crippen molar-refractivity contribution in [2.24, 2.45) is 5.73 Å². The van der Waals surface area contributed by atoms with Gasteiger partial charge in [-0.2, -0.15) is 0 Å². The summed E-state index contributed by atoms with van der Waals surface area (Å²) in [7, 11) is 0. The first-order valence-electron chi connectivity index (χ1n) is 4.95. The fourth-order valence-electron chi connectivity index (χ4n) is 1.63. The van der Waals surface area contributed by atoms with E-state index in [4.69, 9.17) is 14.9 Å². The summed E-state index contributed by atoms with van der Waals surface area (Å²) < 4.78 is 10.6. The normalized spacial score (nSPS) is 18.6. The van der Waals surface area contributed by atoms with Gasteiger partial charge >= 0.3 is 0 Å². The lowest BCUT2D eigenvalue weighted by Gasteiger charge is -2.25. The zero-order valence-electron chi connectivity index (χ0n) is 8.24. The topological polar surface area (TPSA) is 51.6 Å². The Morgan fingerprint density at radius 3 is 2.79 bits per heavy atom. The second kappa shape index (κ2) is 4.59. The summed E-state index contributed by atoms with van der Waals surface area (Å²) >= 11 is 0. The molecule has 1 fully saturated rings. The molecule has 0 saturated carbocycles. The van der Waals surface area contributed by atoms with Crippen molar-refractivity contribution in [2.75, 3.05) is 26.3 Å². The highest BCUT2D eigenvalue weighted by molar-refractivity contribution is 5.12. The molecule has 4 nitrogen and oxygen atoms in total. The van der Waals surface area contributed by atoms with Crippen molar-refractivity contribution in [3.05, 3.63) is 23.7 Å². The summed E-state index contributed by atoms with van der Waals surface area (Å²) in [5.74, 6) is 0.855. The van der Waals surface area contributed by atoms with Gasteiger partial charge in [-0.15, -0.1) is 0 Å². The average Bonchev–Trinajstić information content (AvgIpc) is 2.67. The average molecular weight is 196 g/mol. The van der Waals surface area contributed by atoms with Crippen LogP contribution < -0.4 is 5.73 Å². The van der Waals surface area contributed by atoms with Crippen LogP contribution in [0.1, 0.15) is 11.3 Å². The Labute approximate surface area is 83.6 Å². The smallest absolute Gasteiger partial charge is 0.117 e. The molecular formula is C10H16N2O2. The van der Waals surface area contributed by atoms with Crippen molar-refractivity contribution in [1.29, 1.82) is 0 Å². The number of rotatable bonds is 3. The Morgan fingerprint density at radius 2 is 2.14 bits per heavy atom. The molecule has 14 heavy (non-hydrogen) atoms. The molecule has 2 rings (SSSR count). The van der Waals surface area contributed by atoms with Crippen LogP contribution in [-0.2, 0) is 17.8 Å². The van der Waals surface area contributed by atoms with Gasteiger partial charge in [0.2, 0.25) is 0 Å². The first kappa shape index (κ1) is 9.71. The second-order valence-corrected chi connectivity index (χ2v) is 3.51. The minimum Gasteiger partial charge on any atom is -0.468 e. The highest BCUT2D eigenvalue weighted by Gasteiger charge is 2.11. The van der Waals surface area contributed by atoms with Crippen LogP contribution in [0.15, 0.2) is 16.7 Å². The summed E-state index contributed by atoms with van der Waals surface area (Å²) in [6.45, 7) is 5.09. The van der Waals surface area contributed by atoms with E-state index in [9.17, 15) is 0 Å². The molecule has 2 N–H and O–H groups in total. The SMILES string of the molecule is NCc1cc(CN2CCOCC2)co1. The summed E-state index contributed by atoms with van der Waals surface area (Å²) in [5.41, 5.74) is 6.67. The Morgan fingerprint density at radius 1 is 1.36 bits per heavy atom. The molecule has 2 heterocycles. The number of nitrogens with two attached hydrogens (primary N) is 1. The van der Waals surface area contributed by atoms with Gasteiger partial charge in [0.05, 0.1) is 26.0 Å². The van der Waals surface area contributed by atoms with E-state index in [0.717, 1.165) is 38.6 Å². The van der Waals surface area contributed by atoms with Gasteiger partial charge in [-0.3, -0.25) is 4.90 Å².